The summed E-state index contributed by atoms with van der Waals surface area (Å²) in [5.41, 5.74) is 8.08. The number of aliphatic hydroxyl groups excluding tert-OH is 4. The lowest BCUT2D eigenvalue weighted by molar-refractivity contribution is -0.243. The Labute approximate surface area is 283 Å². The molecule has 4 aliphatic carbocycles. The summed E-state index contributed by atoms with van der Waals surface area (Å²) in [6.45, 7) is 6.85. The Bertz CT molecular complexity index is 1240. The van der Waals surface area contributed by atoms with E-state index in [4.69, 9.17) is 21.4 Å². The van der Waals surface area contributed by atoms with Crippen LogP contribution in [0.1, 0.15) is 78.6 Å². The van der Waals surface area contributed by atoms with Crippen LogP contribution in [-0.2, 0) is 14.3 Å². The van der Waals surface area contributed by atoms with Crippen LogP contribution < -0.4 is 10.6 Å². The number of fused-ring (bicyclic) bond motifs is 5. The molecule has 0 aliphatic heterocycles. The van der Waals surface area contributed by atoms with Crippen molar-refractivity contribution in [2.45, 2.75) is 109 Å². The molecule has 13 unspecified atom stereocenters. The van der Waals surface area contributed by atoms with E-state index < -0.39 is 48.0 Å². The number of aliphatic hydroxyl groups is 4. The average molecular weight is 674 g/mol. The van der Waals surface area contributed by atoms with Crippen LogP contribution in [0.15, 0.2) is 17.3 Å². The van der Waals surface area contributed by atoms with Gasteiger partial charge in [-0.05, 0) is 109 Å². The largest absolute Gasteiger partial charge is 0.447 e. The molecule has 0 radical (unpaired) electrons. The molecule has 13 nitrogen and oxygen atoms in total. The van der Waals surface area contributed by atoms with Crippen LogP contribution in [0.5, 0.6) is 0 Å². The molecule has 0 heterocycles. The Balaban J connectivity index is 1.30. The Hall–Kier alpha value is -2.85. The molecule has 0 bridgehead atoms. The van der Waals surface area contributed by atoms with Gasteiger partial charge in [-0.15, -0.1) is 12.3 Å². The summed E-state index contributed by atoms with van der Waals surface area (Å²) in [5.74, 6) is 2.34. The molecule has 0 spiro atoms. The first kappa shape index (κ1) is 38.0. The first-order valence-corrected chi connectivity index (χ1v) is 17.5. The molecule has 2 amide bonds. The van der Waals surface area contributed by atoms with E-state index >= 15 is 0 Å². The van der Waals surface area contributed by atoms with Gasteiger partial charge in [0, 0.05) is 11.3 Å². The Morgan fingerprint density at radius 3 is 2.56 bits per heavy atom. The topological polar surface area (TPSA) is 206 Å². The standard InChI is InChI=1S/C35H55N5O8/c1-5-6-15-47-16-17-48-33(46)39-28(20-37-40-36)38-29(43)10-8-7-9-21(2)23-11-12-24-30-25(19-27(42)35(23,24)4)34(3)14-13-22(41)18-26(34)31(44)32(30)45/h1,8,10,21-28,30-32,41-42,44-45H,6-7,9,11-20H2,2-4H3,(H,38,43)(H,39,46)/b10-8+. The number of nitrogens with one attached hydrogen (secondary N) is 2. The number of carbonyl (C=O) groups excluding carboxylic acids is 2. The highest BCUT2D eigenvalue weighted by atomic mass is 16.6. The summed E-state index contributed by atoms with van der Waals surface area (Å²) < 4.78 is 10.3. The first-order valence-electron chi connectivity index (χ1n) is 17.5. The molecule has 0 aromatic heterocycles. The molecule has 0 saturated heterocycles. The molecule has 268 valence electrons. The predicted molar refractivity (Wildman–Crippen MR) is 178 cm³/mol. The van der Waals surface area contributed by atoms with Crippen molar-refractivity contribution in [1.82, 2.24) is 10.6 Å². The number of hydrogen-bond donors (Lipinski definition) is 6. The highest BCUT2D eigenvalue weighted by Gasteiger charge is 2.67. The smallest absolute Gasteiger partial charge is 0.408 e. The minimum Gasteiger partial charge on any atom is -0.447 e. The SMILES string of the molecule is C#CCCOCCOC(=O)NC(CN=[N+]=[N-])NC(=O)/C=C/CCC(C)C1CCC2C3C(O)C(O)C4CC(O)CCC4(C)C3CC(O)C12C. The van der Waals surface area contributed by atoms with Crippen LogP contribution in [0.25, 0.3) is 10.4 Å². The summed E-state index contributed by atoms with van der Waals surface area (Å²) in [6.07, 6.45) is 10.0. The molecule has 4 fully saturated rings. The van der Waals surface area contributed by atoms with E-state index in [-0.39, 0.29) is 60.7 Å². The van der Waals surface area contributed by atoms with Gasteiger partial charge in [0.2, 0.25) is 5.91 Å². The van der Waals surface area contributed by atoms with Gasteiger partial charge in [0.05, 0.1) is 44.2 Å². The van der Waals surface area contributed by atoms with Crippen LogP contribution in [-0.4, -0.2) is 89.4 Å². The molecule has 48 heavy (non-hydrogen) atoms. The molecule has 4 saturated carbocycles. The third-order valence-electron chi connectivity index (χ3n) is 12.4. The summed E-state index contributed by atoms with van der Waals surface area (Å²) >= 11 is 0. The number of rotatable bonds is 14. The van der Waals surface area contributed by atoms with Gasteiger partial charge in [0.25, 0.3) is 0 Å². The molecular weight excluding hydrogens is 618 g/mol. The molecule has 13 atom stereocenters. The lowest BCUT2D eigenvalue weighted by Crippen LogP contribution is -2.66. The first-order chi connectivity index (χ1) is 22.9. The molecule has 4 aliphatic rings. The molecule has 0 aromatic carbocycles. The highest BCUT2D eigenvalue weighted by molar-refractivity contribution is 5.88. The van der Waals surface area contributed by atoms with E-state index in [0.29, 0.717) is 38.7 Å². The maximum Gasteiger partial charge on any atom is 0.408 e. The highest BCUT2D eigenvalue weighted by Crippen LogP contribution is 2.68. The maximum atomic E-state index is 12.6. The molecule has 0 aromatic rings. The van der Waals surface area contributed by atoms with E-state index in [9.17, 15) is 30.0 Å². The lowest BCUT2D eigenvalue weighted by Gasteiger charge is -2.64. The minimum absolute atomic E-state index is 0.0108. The fraction of sp³-hybridized carbons (Fsp3) is 0.829. The van der Waals surface area contributed by atoms with Crippen LogP contribution in [0.3, 0.4) is 0 Å². The zero-order valence-corrected chi connectivity index (χ0v) is 28.5. The second kappa shape index (κ2) is 16.7. The number of alkyl carbamates (subject to hydrolysis) is 1. The van der Waals surface area contributed by atoms with E-state index in [1.807, 2.05) is 0 Å². The number of allylic oxidation sites excluding steroid dienone is 1. The zero-order valence-electron chi connectivity index (χ0n) is 28.5. The Morgan fingerprint density at radius 2 is 1.83 bits per heavy atom. The second-order valence-electron chi connectivity index (χ2n) is 14.9. The quantitative estimate of drug-likeness (QED) is 0.0306. The van der Waals surface area contributed by atoms with Gasteiger partial charge in [-0.3, -0.25) is 4.79 Å². The van der Waals surface area contributed by atoms with Gasteiger partial charge in [-0.1, -0.05) is 32.0 Å². The predicted octanol–water partition coefficient (Wildman–Crippen LogP) is 3.41. The molecule has 6 N–H and O–H groups in total. The molecule has 13 heteroatoms. The van der Waals surface area contributed by atoms with Crippen LogP contribution >= 0.6 is 0 Å². The van der Waals surface area contributed by atoms with Crippen LogP contribution in [0, 0.1) is 58.7 Å². The number of ether oxygens (including phenoxy) is 2. The number of terminal acetylenes is 1. The second-order valence-corrected chi connectivity index (χ2v) is 14.9. The molecular formula is C35H55N5O8. The number of amides is 2. The minimum atomic E-state index is -0.969. The van der Waals surface area contributed by atoms with Gasteiger partial charge in [0.1, 0.15) is 12.8 Å². The summed E-state index contributed by atoms with van der Waals surface area (Å²) in [7, 11) is 0. The number of hydrogen-bond acceptors (Lipinski definition) is 9. The zero-order chi connectivity index (χ0) is 35.1. The van der Waals surface area contributed by atoms with Crippen molar-refractivity contribution < 1.29 is 39.5 Å². The Kier molecular flexibility index (Phi) is 13.2. The van der Waals surface area contributed by atoms with Gasteiger partial charge in [0.15, 0.2) is 0 Å². The van der Waals surface area contributed by atoms with Crippen molar-refractivity contribution in [3.05, 3.63) is 22.6 Å². The summed E-state index contributed by atoms with van der Waals surface area (Å²) in [5, 5.41) is 53.5. The summed E-state index contributed by atoms with van der Waals surface area (Å²) in [4.78, 5) is 27.4. The third-order valence-corrected chi connectivity index (χ3v) is 12.4. The van der Waals surface area contributed by atoms with Crippen molar-refractivity contribution in [3.8, 4) is 12.3 Å². The lowest BCUT2D eigenvalue weighted by atomic mass is 9.42. The van der Waals surface area contributed by atoms with Crippen molar-refractivity contribution in [2.75, 3.05) is 26.4 Å². The summed E-state index contributed by atoms with van der Waals surface area (Å²) in [6, 6.07) is 0. The third kappa shape index (κ3) is 8.12. The van der Waals surface area contributed by atoms with Gasteiger partial charge < -0.3 is 40.5 Å². The van der Waals surface area contributed by atoms with Gasteiger partial charge in [-0.25, -0.2) is 4.79 Å². The van der Waals surface area contributed by atoms with Crippen molar-refractivity contribution in [3.63, 3.8) is 0 Å². The number of nitrogens with zero attached hydrogens (tertiary/aromatic N) is 3. The van der Waals surface area contributed by atoms with Crippen molar-refractivity contribution in [1.29, 1.82) is 0 Å². The van der Waals surface area contributed by atoms with E-state index in [1.54, 1.807) is 6.08 Å². The maximum absolute atomic E-state index is 12.6. The van der Waals surface area contributed by atoms with Crippen molar-refractivity contribution >= 4 is 12.0 Å². The van der Waals surface area contributed by atoms with E-state index in [2.05, 4.69) is 47.4 Å². The average Bonchev–Trinajstić information content (AvgIpc) is 3.42. The van der Waals surface area contributed by atoms with Gasteiger partial charge >= 0.3 is 6.09 Å². The fourth-order valence-electron chi connectivity index (χ4n) is 10.00. The van der Waals surface area contributed by atoms with E-state index in [1.165, 1.54) is 6.08 Å². The number of carbonyl (C=O) groups is 2. The van der Waals surface area contributed by atoms with Crippen LogP contribution in [0.2, 0.25) is 0 Å². The monoisotopic (exact) mass is 673 g/mol. The number of azide groups is 1. The van der Waals surface area contributed by atoms with Crippen molar-refractivity contribution in [2.24, 2.45) is 51.5 Å². The Morgan fingerprint density at radius 1 is 1.06 bits per heavy atom. The van der Waals surface area contributed by atoms with Gasteiger partial charge in [-0.2, -0.15) is 0 Å². The van der Waals surface area contributed by atoms with Crippen LogP contribution in [0.4, 0.5) is 4.79 Å². The molecule has 4 rings (SSSR count). The fourth-order valence-corrected chi connectivity index (χ4v) is 10.00. The normalized spacial score (nSPS) is 38.3. The van der Waals surface area contributed by atoms with E-state index in [0.717, 1.165) is 25.7 Å².